The van der Waals surface area contributed by atoms with Crippen LogP contribution in [0.15, 0.2) is 59.7 Å². The van der Waals surface area contributed by atoms with Gasteiger partial charge in [-0.1, -0.05) is 23.1 Å². The Labute approximate surface area is 92.7 Å². The van der Waals surface area contributed by atoms with Gasteiger partial charge in [0.15, 0.2) is 0 Å². The number of phenols is 1. The van der Waals surface area contributed by atoms with E-state index in [4.69, 9.17) is 5.11 Å². The molecule has 0 fully saturated rings. The minimum atomic E-state index is 0.149. The summed E-state index contributed by atoms with van der Waals surface area (Å²) in [7, 11) is 0. The minimum Gasteiger partial charge on any atom is -0.594 e. The lowest BCUT2D eigenvalue weighted by Crippen LogP contribution is -1.89. The number of hydrogen-bond donors (Lipinski definition) is 1. The van der Waals surface area contributed by atoms with Gasteiger partial charge in [0.1, 0.15) is 11.4 Å². The summed E-state index contributed by atoms with van der Waals surface area (Å²) in [6, 6.07) is 14.8. The highest BCUT2D eigenvalue weighted by atomic mass is 16.5. The van der Waals surface area contributed by atoms with Crippen LogP contribution in [0.2, 0.25) is 0 Å². The zero-order chi connectivity index (χ0) is 11.4. The van der Waals surface area contributed by atoms with E-state index in [0.717, 1.165) is 0 Å². The molecule has 0 radical (unpaired) electrons. The molecule has 2 aromatic rings. The largest absolute Gasteiger partial charge is 0.594 e. The van der Waals surface area contributed by atoms with E-state index in [0.29, 0.717) is 16.2 Å². The topological polar surface area (TPSA) is 58.7 Å². The van der Waals surface area contributed by atoms with Gasteiger partial charge in [-0.25, -0.2) is 0 Å². The van der Waals surface area contributed by atoms with E-state index in [9.17, 15) is 5.21 Å². The summed E-state index contributed by atoms with van der Waals surface area (Å²) in [5.74, 6) is 0.149. The molecule has 0 atom stereocenters. The third kappa shape index (κ3) is 2.36. The molecule has 0 unspecified atom stereocenters. The molecule has 0 heterocycles. The van der Waals surface area contributed by atoms with Crippen molar-refractivity contribution in [2.45, 2.75) is 0 Å². The first-order chi connectivity index (χ1) is 7.75. The van der Waals surface area contributed by atoms with Crippen LogP contribution in [-0.2, 0) is 0 Å². The number of para-hydroxylation sites is 1. The quantitative estimate of drug-likeness (QED) is 0.473. The van der Waals surface area contributed by atoms with Gasteiger partial charge >= 0.3 is 0 Å². The lowest BCUT2D eigenvalue weighted by molar-refractivity contribution is -0.435. The van der Waals surface area contributed by atoms with Gasteiger partial charge in [-0.05, 0) is 24.3 Å². The zero-order valence-corrected chi connectivity index (χ0v) is 8.45. The maximum Gasteiger partial charge on any atom is 0.244 e. The molecule has 0 spiro atoms. The Morgan fingerprint density at radius 1 is 0.938 bits per heavy atom. The van der Waals surface area contributed by atoms with Gasteiger partial charge in [-0.15, -0.1) is 0 Å². The highest BCUT2D eigenvalue weighted by molar-refractivity contribution is 5.40. The Morgan fingerprint density at radius 2 is 1.56 bits per heavy atom. The summed E-state index contributed by atoms with van der Waals surface area (Å²) in [5.41, 5.74) is 0.965. The summed E-state index contributed by atoms with van der Waals surface area (Å²) >= 11 is 0. The van der Waals surface area contributed by atoms with Crippen molar-refractivity contribution in [1.29, 1.82) is 0 Å². The van der Waals surface area contributed by atoms with E-state index in [1.54, 1.807) is 36.4 Å². The van der Waals surface area contributed by atoms with Crippen molar-refractivity contribution < 1.29 is 9.97 Å². The summed E-state index contributed by atoms with van der Waals surface area (Å²) < 4.78 is 0. The van der Waals surface area contributed by atoms with E-state index in [1.807, 2.05) is 6.07 Å². The van der Waals surface area contributed by atoms with E-state index in [1.165, 1.54) is 12.1 Å². The minimum absolute atomic E-state index is 0.149. The first-order valence-corrected chi connectivity index (χ1v) is 4.79. The van der Waals surface area contributed by atoms with Crippen LogP contribution in [0.5, 0.6) is 5.75 Å². The zero-order valence-electron chi connectivity index (χ0n) is 8.45. The maximum atomic E-state index is 11.6. The number of hydrogen-bond acceptors (Lipinski definition) is 3. The fourth-order valence-electron chi connectivity index (χ4n) is 1.24. The van der Waals surface area contributed by atoms with Crippen molar-refractivity contribution in [3.05, 3.63) is 59.8 Å². The Bertz CT molecular complexity index is 492. The fourth-order valence-corrected chi connectivity index (χ4v) is 1.24. The average molecular weight is 214 g/mol. The Hall–Kier alpha value is -2.36. The van der Waals surface area contributed by atoms with Gasteiger partial charge in [0.2, 0.25) is 5.69 Å². The lowest BCUT2D eigenvalue weighted by Gasteiger charge is -1.98. The van der Waals surface area contributed by atoms with Gasteiger partial charge in [0.05, 0.1) is 0 Å². The molecule has 0 bridgehead atoms. The van der Waals surface area contributed by atoms with Gasteiger partial charge in [-0.2, -0.15) is 0 Å². The van der Waals surface area contributed by atoms with Gasteiger partial charge in [0, 0.05) is 17.2 Å². The second kappa shape index (κ2) is 4.44. The van der Waals surface area contributed by atoms with E-state index in [-0.39, 0.29) is 5.75 Å². The molecule has 4 heteroatoms. The molecule has 0 aromatic heterocycles. The molecule has 16 heavy (non-hydrogen) atoms. The monoisotopic (exact) mass is 214 g/mol. The van der Waals surface area contributed by atoms with Gasteiger partial charge in [-0.3, -0.25) is 0 Å². The predicted octanol–water partition coefficient (Wildman–Crippen LogP) is 3.32. The molecule has 0 aliphatic rings. The van der Waals surface area contributed by atoms with Crippen LogP contribution in [-0.4, -0.2) is 9.97 Å². The highest BCUT2D eigenvalue weighted by Crippen LogP contribution is 2.19. The first kappa shape index (κ1) is 10.2. The molecule has 2 rings (SSSR count). The molecule has 4 nitrogen and oxygen atoms in total. The Morgan fingerprint density at radius 3 is 2.19 bits per heavy atom. The summed E-state index contributed by atoms with van der Waals surface area (Å²) in [5, 5.41) is 24.5. The number of rotatable bonds is 2. The smallest absolute Gasteiger partial charge is 0.244 e. The van der Waals surface area contributed by atoms with E-state index >= 15 is 0 Å². The molecule has 0 saturated carbocycles. The molecule has 0 aliphatic heterocycles. The molecule has 1 N–H and O–H groups in total. The Kier molecular flexibility index (Phi) is 2.82. The average Bonchev–Trinajstić information content (AvgIpc) is 2.33. The number of phenolic OH excluding ortho intramolecular Hbond substituents is 1. The molecule has 80 valence electrons. The van der Waals surface area contributed by atoms with Crippen LogP contribution in [0.1, 0.15) is 0 Å². The summed E-state index contributed by atoms with van der Waals surface area (Å²) in [4.78, 5) is 0.548. The third-order valence-electron chi connectivity index (χ3n) is 2.03. The van der Waals surface area contributed by atoms with E-state index in [2.05, 4.69) is 5.11 Å². The van der Waals surface area contributed by atoms with Crippen LogP contribution in [0.4, 0.5) is 11.4 Å². The Balaban J connectivity index is 2.28. The van der Waals surface area contributed by atoms with Crippen molar-refractivity contribution in [1.82, 2.24) is 0 Å². The lowest BCUT2D eigenvalue weighted by atomic mass is 10.3. The van der Waals surface area contributed by atoms with E-state index < -0.39 is 0 Å². The number of azo groups is 1. The number of aromatic hydroxyl groups is 1. The third-order valence-corrected chi connectivity index (χ3v) is 2.03. The van der Waals surface area contributed by atoms with Crippen molar-refractivity contribution in [2.24, 2.45) is 5.11 Å². The standard InChI is InChI=1S/C12H10N2O2/c15-12-8-6-10(7-9-12)13-14(16)11-4-2-1-3-5-11/h1-9,15H. The van der Waals surface area contributed by atoms with Gasteiger partial charge < -0.3 is 10.3 Å². The van der Waals surface area contributed by atoms with Crippen LogP contribution in [0, 0.1) is 5.21 Å². The molecule has 0 aliphatic carbocycles. The molecular formula is C12H10N2O2. The van der Waals surface area contributed by atoms with Crippen molar-refractivity contribution in [3.8, 4) is 5.75 Å². The molecular weight excluding hydrogens is 204 g/mol. The van der Waals surface area contributed by atoms with Crippen LogP contribution in [0.3, 0.4) is 0 Å². The molecule has 0 amide bonds. The maximum absolute atomic E-state index is 11.6. The first-order valence-electron chi connectivity index (χ1n) is 4.79. The second-order valence-electron chi connectivity index (χ2n) is 3.22. The second-order valence-corrected chi connectivity index (χ2v) is 3.22. The van der Waals surface area contributed by atoms with Crippen LogP contribution >= 0.6 is 0 Å². The van der Waals surface area contributed by atoms with Crippen LogP contribution in [0.25, 0.3) is 0 Å². The van der Waals surface area contributed by atoms with Crippen molar-refractivity contribution in [2.75, 3.05) is 0 Å². The van der Waals surface area contributed by atoms with Gasteiger partial charge in [0.25, 0.3) is 0 Å². The SMILES string of the molecule is [O-][N+](=Nc1ccc(O)cc1)c1ccccc1. The van der Waals surface area contributed by atoms with Crippen molar-refractivity contribution >= 4 is 11.4 Å². The highest BCUT2D eigenvalue weighted by Gasteiger charge is 2.01. The normalized spacial score (nSPS) is 11.4. The molecule has 2 aromatic carbocycles. The molecule has 0 saturated heterocycles. The fraction of sp³-hybridized carbons (Fsp3) is 0. The number of nitrogens with zero attached hydrogens (tertiary/aromatic N) is 2. The number of benzene rings is 2. The summed E-state index contributed by atoms with van der Waals surface area (Å²) in [6.07, 6.45) is 0. The van der Waals surface area contributed by atoms with Crippen LogP contribution < -0.4 is 0 Å². The summed E-state index contributed by atoms with van der Waals surface area (Å²) in [6.45, 7) is 0. The predicted molar refractivity (Wildman–Crippen MR) is 59.9 cm³/mol. The van der Waals surface area contributed by atoms with Crippen molar-refractivity contribution in [3.63, 3.8) is 0 Å².